The molecule has 0 spiro atoms. The third-order valence-electron chi connectivity index (χ3n) is 1.88. The average Bonchev–Trinajstić information content (AvgIpc) is 2.10. The molecule has 0 N–H and O–H groups in total. The molecule has 0 amide bonds. The van der Waals surface area contributed by atoms with E-state index in [1.54, 1.807) is 11.0 Å². The molecule has 2 rings (SSSR count). The Morgan fingerprint density at radius 3 is 2.80 bits per heavy atom. The zero-order valence-corrected chi connectivity index (χ0v) is 7.08. The van der Waals surface area contributed by atoms with E-state index in [-0.39, 0.29) is 0 Å². The topological polar surface area (TPSA) is 30.7 Å². The van der Waals surface area contributed by atoms with Gasteiger partial charge in [0.2, 0.25) is 0 Å². The van der Waals surface area contributed by atoms with Crippen molar-refractivity contribution in [2.75, 3.05) is 0 Å². The Balaban J connectivity index is 2.17. The first kappa shape index (κ1) is 6.34. The van der Waals surface area contributed by atoms with Crippen molar-refractivity contribution in [3.63, 3.8) is 0 Å². The Labute approximate surface area is 67.5 Å². The molecule has 10 heavy (non-hydrogen) atoms. The van der Waals surface area contributed by atoms with Crippen LogP contribution in [0, 0.1) is 0 Å². The van der Waals surface area contributed by atoms with Crippen molar-refractivity contribution < 1.29 is 0 Å². The van der Waals surface area contributed by atoms with Crippen LogP contribution in [-0.2, 0) is 0 Å². The third kappa shape index (κ3) is 0.963. The van der Waals surface area contributed by atoms with Gasteiger partial charge in [-0.25, -0.2) is 0 Å². The average molecular weight is 202 g/mol. The van der Waals surface area contributed by atoms with Gasteiger partial charge in [-0.1, -0.05) is 0 Å². The fourth-order valence-corrected chi connectivity index (χ4v) is 1.30. The second-order valence-corrected chi connectivity index (χ2v) is 3.38. The van der Waals surface area contributed by atoms with Gasteiger partial charge in [0, 0.05) is 0 Å². The van der Waals surface area contributed by atoms with Crippen LogP contribution in [0.2, 0.25) is 0 Å². The molecule has 0 aliphatic heterocycles. The van der Waals surface area contributed by atoms with E-state index in [9.17, 15) is 0 Å². The smallest absolute Gasteiger partial charge is 0.148 e. The van der Waals surface area contributed by atoms with Crippen LogP contribution in [0.1, 0.15) is 25.3 Å². The van der Waals surface area contributed by atoms with E-state index in [0.717, 1.165) is 4.60 Å². The summed E-state index contributed by atoms with van der Waals surface area (Å²) >= 11 is 3.26. The summed E-state index contributed by atoms with van der Waals surface area (Å²) in [6.07, 6.45) is 5.53. The number of aromatic nitrogens is 3. The van der Waals surface area contributed by atoms with Gasteiger partial charge in [0.25, 0.3) is 0 Å². The van der Waals surface area contributed by atoms with Gasteiger partial charge in [0.1, 0.15) is 4.60 Å². The molecule has 0 aromatic carbocycles. The minimum absolute atomic E-state index is 0.575. The Morgan fingerprint density at radius 1 is 1.60 bits per heavy atom. The van der Waals surface area contributed by atoms with Crippen LogP contribution in [-0.4, -0.2) is 15.0 Å². The normalized spacial score (nSPS) is 18.9. The van der Waals surface area contributed by atoms with Crippen LogP contribution in [0.4, 0.5) is 0 Å². The van der Waals surface area contributed by atoms with Crippen LogP contribution >= 0.6 is 15.9 Å². The lowest BCUT2D eigenvalue weighted by atomic mass is 9.94. The summed E-state index contributed by atoms with van der Waals surface area (Å²) in [5, 5.41) is 8.25. The highest BCUT2D eigenvalue weighted by Crippen LogP contribution is 2.30. The van der Waals surface area contributed by atoms with E-state index in [1.807, 2.05) is 0 Å². The fourth-order valence-electron chi connectivity index (χ4n) is 1.05. The molecular formula is C6H8BrN3. The molecule has 0 unspecified atom stereocenters. The van der Waals surface area contributed by atoms with Gasteiger partial charge >= 0.3 is 0 Å². The summed E-state index contributed by atoms with van der Waals surface area (Å²) < 4.78 is 0.833. The highest BCUT2D eigenvalue weighted by Gasteiger charge is 2.20. The van der Waals surface area contributed by atoms with Gasteiger partial charge in [0.15, 0.2) is 0 Å². The summed E-state index contributed by atoms with van der Waals surface area (Å²) in [7, 11) is 0. The van der Waals surface area contributed by atoms with Gasteiger partial charge in [0.05, 0.1) is 12.2 Å². The first-order valence-corrected chi connectivity index (χ1v) is 4.23. The number of hydrogen-bond acceptors (Lipinski definition) is 2. The minimum Gasteiger partial charge on any atom is -0.181 e. The monoisotopic (exact) mass is 201 g/mol. The zero-order valence-electron chi connectivity index (χ0n) is 5.50. The standard InChI is InChI=1S/C6H8BrN3/c7-6-4-8-10(9-6)5-2-1-3-5/h4-5H,1-3H2. The molecule has 4 heteroatoms. The van der Waals surface area contributed by atoms with Gasteiger partial charge in [-0.2, -0.15) is 9.90 Å². The van der Waals surface area contributed by atoms with Gasteiger partial charge in [-0.3, -0.25) is 0 Å². The lowest BCUT2D eigenvalue weighted by Crippen LogP contribution is -2.19. The van der Waals surface area contributed by atoms with Crippen molar-refractivity contribution in [2.24, 2.45) is 0 Å². The maximum absolute atomic E-state index is 4.15. The molecule has 1 aliphatic rings. The predicted molar refractivity (Wildman–Crippen MR) is 40.6 cm³/mol. The predicted octanol–water partition coefficient (Wildman–Crippen LogP) is 1.77. The first-order valence-electron chi connectivity index (χ1n) is 3.43. The van der Waals surface area contributed by atoms with E-state index in [4.69, 9.17) is 0 Å². The van der Waals surface area contributed by atoms with Crippen LogP contribution in [0.15, 0.2) is 10.8 Å². The third-order valence-corrected chi connectivity index (χ3v) is 2.25. The SMILES string of the molecule is Brc1cnn(C2CCC2)n1. The number of rotatable bonds is 1. The molecule has 0 radical (unpaired) electrons. The van der Waals surface area contributed by atoms with Crippen LogP contribution in [0.3, 0.4) is 0 Å². The molecule has 1 aromatic heterocycles. The molecular weight excluding hydrogens is 194 g/mol. The molecule has 1 aromatic rings. The quantitative estimate of drug-likeness (QED) is 0.694. The molecule has 0 bridgehead atoms. The molecule has 0 saturated heterocycles. The highest BCUT2D eigenvalue weighted by atomic mass is 79.9. The van der Waals surface area contributed by atoms with Crippen molar-refractivity contribution in [3.8, 4) is 0 Å². The zero-order chi connectivity index (χ0) is 6.97. The van der Waals surface area contributed by atoms with Crippen LogP contribution < -0.4 is 0 Å². The van der Waals surface area contributed by atoms with Crippen LogP contribution in [0.25, 0.3) is 0 Å². The molecule has 1 heterocycles. The summed E-state index contributed by atoms with van der Waals surface area (Å²) in [5.41, 5.74) is 0. The van der Waals surface area contributed by atoms with Crippen molar-refractivity contribution >= 4 is 15.9 Å². The van der Waals surface area contributed by atoms with Gasteiger partial charge in [-0.05, 0) is 35.2 Å². The summed E-state index contributed by atoms with van der Waals surface area (Å²) in [4.78, 5) is 1.80. The van der Waals surface area contributed by atoms with Gasteiger partial charge < -0.3 is 0 Å². The highest BCUT2D eigenvalue weighted by molar-refractivity contribution is 9.10. The second-order valence-electron chi connectivity index (χ2n) is 2.57. The maximum atomic E-state index is 4.15. The largest absolute Gasteiger partial charge is 0.181 e. The lowest BCUT2D eigenvalue weighted by Gasteiger charge is -2.23. The fraction of sp³-hybridized carbons (Fsp3) is 0.667. The molecule has 1 aliphatic carbocycles. The first-order chi connectivity index (χ1) is 4.86. The minimum atomic E-state index is 0.575. The molecule has 3 nitrogen and oxygen atoms in total. The number of nitrogens with zero attached hydrogens (tertiary/aromatic N) is 3. The molecule has 54 valence electrons. The Hall–Kier alpha value is -0.380. The van der Waals surface area contributed by atoms with Crippen molar-refractivity contribution in [1.82, 2.24) is 15.0 Å². The number of halogens is 1. The van der Waals surface area contributed by atoms with Crippen molar-refractivity contribution in [2.45, 2.75) is 25.3 Å². The molecule has 0 atom stereocenters. The summed E-state index contributed by atoms with van der Waals surface area (Å²) in [6, 6.07) is 0.575. The second kappa shape index (κ2) is 2.34. The van der Waals surface area contributed by atoms with Crippen LogP contribution in [0.5, 0.6) is 0 Å². The van der Waals surface area contributed by atoms with E-state index >= 15 is 0 Å². The Morgan fingerprint density at radius 2 is 2.40 bits per heavy atom. The van der Waals surface area contributed by atoms with Crippen molar-refractivity contribution in [1.29, 1.82) is 0 Å². The van der Waals surface area contributed by atoms with E-state index in [1.165, 1.54) is 19.3 Å². The lowest BCUT2D eigenvalue weighted by molar-refractivity contribution is 0.261. The molecule has 1 fully saturated rings. The van der Waals surface area contributed by atoms with E-state index < -0.39 is 0 Å². The molecule has 1 saturated carbocycles. The summed E-state index contributed by atoms with van der Waals surface area (Å²) in [5.74, 6) is 0. The van der Waals surface area contributed by atoms with Gasteiger partial charge in [-0.15, -0.1) is 5.10 Å². The Kier molecular flexibility index (Phi) is 1.48. The van der Waals surface area contributed by atoms with Crippen molar-refractivity contribution in [3.05, 3.63) is 10.8 Å². The van der Waals surface area contributed by atoms with E-state index in [2.05, 4.69) is 26.1 Å². The summed E-state index contributed by atoms with van der Waals surface area (Å²) in [6.45, 7) is 0. The number of hydrogen-bond donors (Lipinski definition) is 0. The van der Waals surface area contributed by atoms with E-state index in [0.29, 0.717) is 6.04 Å². The Bertz CT molecular complexity index is 229. The maximum Gasteiger partial charge on any atom is 0.148 e.